The summed E-state index contributed by atoms with van der Waals surface area (Å²) < 4.78 is 6.74. The molecule has 0 fully saturated rings. The number of amides is 1. The molecule has 0 bridgehead atoms. The molecule has 3 nitrogen and oxygen atoms in total. The van der Waals surface area contributed by atoms with Gasteiger partial charge in [-0.1, -0.05) is 11.6 Å². The van der Waals surface area contributed by atoms with Crippen molar-refractivity contribution in [2.45, 2.75) is 0 Å². The van der Waals surface area contributed by atoms with E-state index in [0.717, 1.165) is 0 Å². The standard InChI is InChI=1S/C7H7ClN2O/c1-9-7(11)6-4-5(8)2-3-10-6/h2-4H,1H3,(H,9,11)/i1D. The van der Waals surface area contributed by atoms with Crippen LogP contribution in [-0.2, 0) is 0 Å². The van der Waals surface area contributed by atoms with Gasteiger partial charge in [0.2, 0.25) is 0 Å². The molecule has 0 saturated heterocycles. The Labute approximate surface area is 70.8 Å². The zero-order valence-corrected chi connectivity index (χ0v) is 6.43. The second-order valence-electron chi connectivity index (χ2n) is 1.87. The summed E-state index contributed by atoms with van der Waals surface area (Å²) in [6.45, 7) is 0. The maximum absolute atomic E-state index is 11.0. The van der Waals surface area contributed by atoms with Gasteiger partial charge in [0.05, 0.1) is 0 Å². The van der Waals surface area contributed by atoms with Gasteiger partial charge in [-0.25, -0.2) is 0 Å². The molecule has 0 unspecified atom stereocenters. The highest BCUT2D eigenvalue weighted by Gasteiger charge is 2.03. The minimum atomic E-state index is -0.382. The number of hydrogen-bond donors (Lipinski definition) is 1. The monoisotopic (exact) mass is 171 g/mol. The van der Waals surface area contributed by atoms with E-state index in [1.165, 1.54) is 12.3 Å². The molecule has 4 heteroatoms. The molecule has 0 aliphatic rings. The quantitative estimate of drug-likeness (QED) is 0.688. The molecule has 1 rings (SSSR count). The van der Waals surface area contributed by atoms with Crippen LogP contribution in [0.25, 0.3) is 0 Å². The summed E-state index contributed by atoms with van der Waals surface area (Å²) in [5.74, 6) is -0.382. The number of halogens is 1. The zero-order valence-electron chi connectivity index (χ0n) is 6.67. The molecule has 58 valence electrons. The minimum Gasteiger partial charge on any atom is -0.354 e. The maximum Gasteiger partial charge on any atom is 0.269 e. The number of carbonyl (C=O) groups excluding carboxylic acids is 1. The average Bonchev–Trinajstić information content (AvgIpc) is 2.05. The fourth-order valence-corrected chi connectivity index (χ4v) is 0.779. The molecule has 0 atom stereocenters. The normalized spacial score (nSPS) is 10.5. The number of aromatic nitrogens is 1. The number of pyridine rings is 1. The van der Waals surface area contributed by atoms with Gasteiger partial charge in [0, 0.05) is 19.6 Å². The Balaban J connectivity index is 2.81. The Morgan fingerprint density at radius 3 is 3.36 bits per heavy atom. The van der Waals surface area contributed by atoms with Crippen molar-refractivity contribution >= 4 is 17.5 Å². The maximum atomic E-state index is 11.0. The van der Waals surface area contributed by atoms with Crippen LogP contribution >= 0.6 is 11.6 Å². The van der Waals surface area contributed by atoms with Gasteiger partial charge in [0.15, 0.2) is 0 Å². The highest BCUT2D eigenvalue weighted by Crippen LogP contribution is 2.07. The van der Waals surface area contributed by atoms with Crippen molar-refractivity contribution in [3.63, 3.8) is 0 Å². The lowest BCUT2D eigenvalue weighted by Gasteiger charge is -1.97. The Morgan fingerprint density at radius 2 is 2.73 bits per heavy atom. The number of rotatable bonds is 1. The first kappa shape index (κ1) is 6.61. The third kappa shape index (κ3) is 1.91. The molecule has 1 aromatic rings. The van der Waals surface area contributed by atoms with Crippen molar-refractivity contribution in [1.29, 1.82) is 0 Å². The summed E-state index contributed by atoms with van der Waals surface area (Å²) >= 11 is 5.62. The molecule has 0 aliphatic heterocycles. The topological polar surface area (TPSA) is 42.0 Å². The third-order valence-corrected chi connectivity index (χ3v) is 1.35. The largest absolute Gasteiger partial charge is 0.354 e. The van der Waals surface area contributed by atoms with Crippen LogP contribution in [0.5, 0.6) is 0 Å². The fraction of sp³-hybridized carbons (Fsp3) is 0.143. The van der Waals surface area contributed by atoms with Crippen LogP contribution in [0.15, 0.2) is 18.3 Å². The number of carbonyl (C=O) groups is 1. The number of nitrogens with zero attached hydrogens (tertiary/aromatic N) is 1. The van der Waals surface area contributed by atoms with E-state index in [1.807, 2.05) is 0 Å². The van der Waals surface area contributed by atoms with Gasteiger partial charge >= 0.3 is 0 Å². The zero-order chi connectivity index (χ0) is 8.97. The lowest BCUT2D eigenvalue weighted by Crippen LogP contribution is -2.18. The van der Waals surface area contributed by atoms with Crippen LogP contribution < -0.4 is 5.32 Å². The highest BCUT2D eigenvalue weighted by molar-refractivity contribution is 6.30. The van der Waals surface area contributed by atoms with Crippen LogP contribution in [0, 0.1) is 0 Å². The molecule has 0 aromatic carbocycles. The second-order valence-corrected chi connectivity index (χ2v) is 2.30. The van der Waals surface area contributed by atoms with E-state index in [2.05, 4.69) is 10.3 Å². The van der Waals surface area contributed by atoms with E-state index in [4.69, 9.17) is 13.0 Å². The average molecular weight is 172 g/mol. The molecular weight excluding hydrogens is 164 g/mol. The molecule has 1 amide bonds. The molecule has 0 spiro atoms. The SMILES string of the molecule is [2H]CNC(=O)c1cc(Cl)ccn1. The molecule has 1 heterocycles. The van der Waals surface area contributed by atoms with E-state index >= 15 is 0 Å². The van der Waals surface area contributed by atoms with Crippen molar-refractivity contribution in [2.75, 3.05) is 7.02 Å². The van der Waals surface area contributed by atoms with Crippen LogP contribution in [-0.4, -0.2) is 17.9 Å². The van der Waals surface area contributed by atoms with E-state index < -0.39 is 0 Å². The highest BCUT2D eigenvalue weighted by atomic mass is 35.5. The van der Waals surface area contributed by atoms with E-state index in [9.17, 15) is 4.79 Å². The molecule has 1 N–H and O–H groups in total. The van der Waals surface area contributed by atoms with E-state index in [1.54, 1.807) is 6.07 Å². The Hall–Kier alpha value is -1.09. The molecule has 0 radical (unpaired) electrons. The summed E-state index contributed by atoms with van der Waals surface area (Å²) in [5, 5.41) is 2.75. The van der Waals surface area contributed by atoms with Crippen molar-refractivity contribution in [3.8, 4) is 0 Å². The van der Waals surface area contributed by atoms with Gasteiger partial charge in [-0.3, -0.25) is 9.78 Å². The first-order valence-corrected chi connectivity index (χ1v) is 3.31. The summed E-state index contributed by atoms with van der Waals surface area (Å²) in [4.78, 5) is 14.8. The lowest BCUT2D eigenvalue weighted by molar-refractivity contribution is 0.0958. The van der Waals surface area contributed by atoms with E-state index in [-0.39, 0.29) is 18.6 Å². The van der Waals surface area contributed by atoms with Crippen LogP contribution in [0.1, 0.15) is 11.9 Å². The smallest absolute Gasteiger partial charge is 0.269 e. The lowest BCUT2D eigenvalue weighted by atomic mass is 10.3. The van der Waals surface area contributed by atoms with Gasteiger partial charge in [0.25, 0.3) is 5.91 Å². The van der Waals surface area contributed by atoms with Crippen molar-refractivity contribution in [1.82, 2.24) is 10.3 Å². The molecule has 0 saturated carbocycles. The first-order valence-electron chi connectivity index (χ1n) is 3.63. The number of nitrogens with one attached hydrogen (secondary N) is 1. The van der Waals surface area contributed by atoms with Gasteiger partial charge in [-0.2, -0.15) is 0 Å². The predicted molar refractivity (Wildman–Crippen MR) is 42.6 cm³/mol. The third-order valence-electron chi connectivity index (χ3n) is 1.12. The van der Waals surface area contributed by atoms with Gasteiger partial charge < -0.3 is 5.32 Å². The Morgan fingerprint density at radius 1 is 1.91 bits per heavy atom. The predicted octanol–water partition coefficient (Wildman–Crippen LogP) is 1.09. The molecular formula is C7H7ClN2O. The van der Waals surface area contributed by atoms with Crippen molar-refractivity contribution in [3.05, 3.63) is 29.0 Å². The molecule has 0 aliphatic carbocycles. The van der Waals surface area contributed by atoms with Gasteiger partial charge in [-0.15, -0.1) is 0 Å². The van der Waals surface area contributed by atoms with Crippen LogP contribution in [0.2, 0.25) is 5.02 Å². The minimum absolute atomic E-state index is 0.160. The van der Waals surface area contributed by atoms with Crippen LogP contribution in [0.3, 0.4) is 0 Å². The van der Waals surface area contributed by atoms with Crippen molar-refractivity contribution < 1.29 is 6.17 Å². The number of hydrogen-bond acceptors (Lipinski definition) is 2. The van der Waals surface area contributed by atoms with Crippen LogP contribution in [0.4, 0.5) is 0 Å². The van der Waals surface area contributed by atoms with Gasteiger partial charge in [-0.05, 0) is 12.1 Å². The Bertz CT molecular complexity index is 292. The summed E-state index contributed by atoms with van der Waals surface area (Å²) in [6.07, 6.45) is 1.45. The van der Waals surface area contributed by atoms with Gasteiger partial charge in [0.1, 0.15) is 5.69 Å². The second kappa shape index (κ2) is 3.34. The fourth-order valence-electron chi connectivity index (χ4n) is 0.619. The Kier molecular flexibility index (Phi) is 2.01. The first-order chi connectivity index (χ1) is 5.74. The molecule has 1 aromatic heterocycles. The summed E-state index contributed by atoms with van der Waals surface area (Å²) in [7, 11) is -0.160. The van der Waals surface area contributed by atoms with E-state index in [0.29, 0.717) is 5.02 Å². The summed E-state index contributed by atoms with van der Waals surface area (Å²) in [5.41, 5.74) is 0.231. The molecule has 11 heavy (non-hydrogen) atoms. The van der Waals surface area contributed by atoms with Crippen molar-refractivity contribution in [2.24, 2.45) is 0 Å². The summed E-state index contributed by atoms with van der Waals surface area (Å²) in [6, 6.07) is 3.03.